The topological polar surface area (TPSA) is 95.9 Å². The summed E-state index contributed by atoms with van der Waals surface area (Å²) in [6.45, 7) is 2.05. The van der Waals surface area contributed by atoms with E-state index < -0.39 is 17.9 Å². The summed E-state index contributed by atoms with van der Waals surface area (Å²) in [6, 6.07) is 7.82. The number of aromatic nitrogens is 2. The first-order valence-electron chi connectivity index (χ1n) is 9.50. The van der Waals surface area contributed by atoms with Gasteiger partial charge in [0, 0.05) is 63.8 Å². The summed E-state index contributed by atoms with van der Waals surface area (Å²) in [7, 11) is 0. The molecule has 9 nitrogen and oxygen atoms in total. The third-order valence-corrected chi connectivity index (χ3v) is 5.11. The first-order chi connectivity index (χ1) is 14.1. The zero-order valence-electron chi connectivity index (χ0n) is 15.8. The number of pyridine rings is 2. The molecule has 9 heteroatoms. The van der Waals surface area contributed by atoms with Crippen molar-refractivity contribution in [3.05, 3.63) is 60.2 Å². The van der Waals surface area contributed by atoms with Crippen LogP contribution in [-0.2, 0) is 14.4 Å². The number of amides is 3. The van der Waals surface area contributed by atoms with Gasteiger partial charge in [0.15, 0.2) is 0 Å². The Kier molecular flexibility index (Phi) is 5.48. The minimum atomic E-state index is -0.674. The Morgan fingerprint density at radius 1 is 0.897 bits per heavy atom. The van der Waals surface area contributed by atoms with Crippen LogP contribution >= 0.6 is 0 Å². The van der Waals surface area contributed by atoms with Gasteiger partial charge in [0.2, 0.25) is 0 Å². The van der Waals surface area contributed by atoms with Crippen LogP contribution in [0.2, 0.25) is 0 Å². The predicted molar refractivity (Wildman–Crippen MR) is 101 cm³/mol. The third kappa shape index (κ3) is 4.09. The second-order valence-electron chi connectivity index (χ2n) is 6.94. The van der Waals surface area contributed by atoms with Crippen molar-refractivity contribution >= 4 is 17.9 Å². The van der Waals surface area contributed by atoms with E-state index in [1.54, 1.807) is 12.4 Å². The van der Waals surface area contributed by atoms with Crippen molar-refractivity contribution in [3.8, 4) is 0 Å². The second kappa shape index (κ2) is 8.36. The molecule has 2 aliphatic rings. The molecule has 0 N–H and O–H groups in total. The van der Waals surface area contributed by atoms with E-state index in [0.29, 0.717) is 31.2 Å². The summed E-state index contributed by atoms with van der Waals surface area (Å²) in [5.74, 6) is -0.953. The van der Waals surface area contributed by atoms with Gasteiger partial charge in [-0.25, -0.2) is 4.79 Å². The van der Waals surface area contributed by atoms with E-state index in [1.807, 2.05) is 36.7 Å². The van der Waals surface area contributed by atoms with Crippen LogP contribution in [0.25, 0.3) is 0 Å². The molecule has 0 atom stereocenters. The second-order valence-corrected chi connectivity index (χ2v) is 6.94. The molecule has 3 amide bonds. The lowest BCUT2D eigenvalue weighted by atomic mass is 9.99. The fourth-order valence-corrected chi connectivity index (χ4v) is 3.65. The van der Waals surface area contributed by atoms with Crippen LogP contribution in [0.1, 0.15) is 30.0 Å². The zero-order chi connectivity index (χ0) is 20.2. The molecule has 0 radical (unpaired) electrons. The Bertz CT molecular complexity index is 829. The van der Waals surface area contributed by atoms with Crippen LogP contribution < -0.4 is 0 Å². The van der Waals surface area contributed by atoms with E-state index in [1.165, 1.54) is 4.90 Å². The molecule has 150 valence electrons. The number of rotatable bonds is 4. The number of carbonyl (C=O) groups is 3. The van der Waals surface area contributed by atoms with Crippen LogP contribution in [0.4, 0.5) is 4.79 Å². The molecular weight excluding hydrogens is 374 g/mol. The summed E-state index contributed by atoms with van der Waals surface area (Å²) in [6.07, 6.45) is 6.63. The number of hydrogen-bond acceptors (Lipinski definition) is 7. The SMILES string of the molecule is O=C(ON1C(=O)CCC1=O)N1CCN(C(c2cccnc2)c2cccnc2)CC1. The highest BCUT2D eigenvalue weighted by molar-refractivity contribution is 6.01. The first kappa shape index (κ1) is 19.0. The van der Waals surface area contributed by atoms with E-state index in [0.717, 1.165) is 11.1 Å². The van der Waals surface area contributed by atoms with Gasteiger partial charge in [-0.2, -0.15) is 0 Å². The number of hydroxylamine groups is 2. The highest BCUT2D eigenvalue weighted by Crippen LogP contribution is 2.28. The van der Waals surface area contributed by atoms with Crippen molar-refractivity contribution in [3.63, 3.8) is 0 Å². The molecular formula is C20H21N5O4. The van der Waals surface area contributed by atoms with Gasteiger partial charge < -0.3 is 9.74 Å². The first-order valence-corrected chi connectivity index (χ1v) is 9.50. The van der Waals surface area contributed by atoms with Crippen molar-refractivity contribution in [2.24, 2.45) is 0 Å². The Labute approximate surface area is 167 Å². The Hall–Kier alpha value is -3.33. The maximum Gasteiger partial charge on any atom is 0.434 e. The van der Waals surface area contributed by atoms with Gasteiger partial charge in [-0.15, -0.1) is 5.06 Å². The summed E-state index contributed by atoms with van der Waals surface area (Å²) in [5.41, 5.74) is 2.09. The van der Waals surface area contributed by atoms with Crippen molar-refractivity contribution in [1.82, 2.24) is 24.8 Å². The lowest BCUT2D eigenvalue weighted by Gasteiger charge is -2.39. The van der Waals surface area contributed by atoms with Crippen LogP contribution in [0.15, 0.2) is 49.1 Å². The largest absolute Gasteiger partial charge is 0.434 e. The van der Waals surface area contributed by atoms with E-state index in [2.05, 4.69) is 14.9 Å². The van der Waals surface area contributed by atoms with Crippen LogP contribution in [0.3, 0.4) is 0 Å². The molecule has 4 rings (SSSR count). The van der Waals surface area contributed by atoms with E-state index in [9.17, 15) is 14.4 Å². The van der Waals surface area contributed by atoms with Gasteiger partial charge in [-0.3, -0.25) is 24.5 Å². The van der Waals surface area contributed by atoms with Gasteiger partial charge >= 0.3 is 6.09 Å². The molecule has 0 saturated carbocycles. The number of hydrogen-bond donors (Lipinski definition) is 0. The Morgan fingerprint density at radius 3 is 1.93 bits per heavy atom. The summed E-state index contributed by atoms with van der Waals surface area (Å²) >= 11 is 0. The summed E-state index contributed by atoms with van der Waals surface area (Å²) in [4.78, 5) is 52.9. The van der Waals surface area contributed by atoms with Gasteiger partial charge in [-0.1, -0.05) is 12.1 Å². The molecule has 0 spiro atoms. The standard InChI is InChI=1S/C20H21N5O4/c26-17-5-6-18(27)25(17)29-20(28)24-11-9-23(10-12-24)19(15-3-1-7-21-13-15)16-4-2-8-22-14-16/h1-4,7-8,13-14,19H,5-6,9-12H2. The van der Waals surface area contributed by atoms with Crippen molar-refractivity contribution in [2.75, 3.05) is 26.2 Å². The molecule has 0 aromatic carbocycles. The third-order valence-electron chi connectivity index (χ3n) is 5.11. The highest BCUT2D eigenvalue weighted by atomic mass is 16.7. The van der Waals surface area contributed by atoms with Gasteiger partial charge in [0.05, 0.1) is 6.04 Å². The molecule has 2 aliphatic heterocycles. The lowest BCUT2D eigenvalue weighted by Crippen LogP contribution is -2.51. The molecule has 29 heavy (non-hydrogen) atoms. The van der Waals surface area contributed by atoms with Gasteiger partial charge in [0.1, 0.15) is 0 Å². The Morgan fingerprint density at radius 2 is 1.45 bits per heavy atom. The number of carbonyl (C=O) groups excluding carboxylic acids is 3. The molecule has 2 aromatic rings. The normalized spacial score (nSPS) is 17.8. The van der Waals surface area contributed by atoms with E-state index >= 15 is 0 Å². The van der Waals surface area contributed by atoms with Gasteiger partial charge in [0.25, 0.3) is 11.8 Å². The molecule has 0 bridgehead atoms. The smallest absolute Gasteiger partial charge is 0.311 e. The fraction of sp³-hybridized carbons (Fsp3) is 0.350. The molecule has 4 heterocycles. The van der Waals surface area contributed by atoms with Crippen molar-refractivity contribution in [1.29, 1.82) is 0 Å². The van der Waals surface area contributed by atoms with Crippen LogP contribution in [-0.4, -0.2) is 68.9 Å². The number of nitrogens with zero attached hydrogens (tertiary/aromatic N) is 5. The zero-order valence-corrected chi connectivity index (χ0v) is 15.8. The lowest BCUT2D eigenvalue weighted by molar-refractivity contribution is -0.174. The quantitative estimate of drug-likeness (QED) is 0.722. The highest BCUT2D eigenvalue weighted by Gasteiger charge is 2.35. The molecule has 0 unspecified atom stereocenters. The Balaban J connectivity index is 1.44. The average Bonchev–Trinajstić information content (AvgIpc) is 3.08. The molecule has 2 aromatic heterocycles. The van der Waals surface area contributed by atoms with Crippen LogP contribution in [0, 0.1) is 0 Å². The number of imide groups is 1. The monoisotopic (exact) mass is 395 g/mol. The fourth-order valence-electron chi connectivity index (χ4n) is 3.65. The molecule has 0 aliphatic carbocycles. The summed E-state index contributed by atoms with van der Waals surface area (Å²) in [5, 5.41) is 0.586. The molecule has 2 fully saturated rings. The molecule has 2 saturated heterocycles. The predicted octanol–water partition coefficient (Wildman–Crippen LogP) is 1.38. The van der Waals surface area contributed by atoms with Gasteiger partial charge in [-0.05, 0) is 23.3 Å². The summed E-state index contributed by atoms with van der Waals surface area (Å²) < 4.78 is 0. The minimum Gasteiger partial charge on any atom is -0.311 e. The van der Waals surface area contributed by atoms with E-state index in [4.69, 9.17) is 4.84 Å². The van der Waals surface area contributed by atoms with Crippen LogP contribution in [0.5, 0.6) is 0 Å². The maximum absolute atomic E-state index is 12.4. The minimum absolute atomic E-state index is 0.0303. The maximum atomic E-state index is 12.4. The van der Waals surface area contributed by atoms with E-state index in [-0.39, 0.29) is 18.9 Å². The van der Waals surface area contributed by atoms with Crippen molar-refractivity contribution < 1.29 is 19.2 Å². The average molecular weight is 395 g/mol. The number of piperazine rings is 1. The van der Waals surface area contributed by atoms with Crippen molar-refractivity contribution in [2.45, 2.75) is 18.9 Å².